The summed E-state index contributed by atoms with van der Waals surface area (Å²) in [6.45, 7) is 2.99. The molecule has 0 bridgehead atoms. The molecule has 0 amide bonds. The number of anilines is 3. The molecule has 2 fully saturated rings. The van der Waals surface area contributed by atoms with Gasteiger partial charge in [0.05, 0.1) is 16.3 Å². The Morgan fingerprint density at radius 1 is 0.892 bits per heavy atom. The molecule has 3 aromatic rings. The van der Waals surface area contributed by atoms with Crippen molar-refractivity contribution in [2.45, 2.75) is 25.1 Å². The first-order valence-electron chi connectivity index (χ1n) is 12.1. The molecule has 0 radical (unpaired) electrons. The Hall–Kier alpha value is -3.18. The molecular weight excluding hydrogens is 510 g/mol. The highest BCUT2D eigenvalue weighted by Gasteiger charge is 2.36. The lowest BCUT2D eigenvalue weighted by atomic mass is 10.1. The molecule has 0 unspecified atom stereocenters. The maximum Gasteiger partial charge on any atom is 0.419 e. The third kappa shape index (κ3) is 5.57. The number of hydrogen-bond donors (Lipinski definition) is 1. The van der Waals surface area contributed by atoms with E-state index >= 15 is 0 Å². The van der Waals surface area contributed by atoms with Crippen molar-refractivity contribution >= 4 is 29.2 Å². The smallest absolute Gasteiger partial charge is 0.353 e. The predicted molar refractivity (Wildman–Crippen MR) is 136 cm³/mol. The van der Waals surface area contributed by atoms with Crippen molar-refractivity contribution in [2.24, 2.45) is 5.73 Å². The molecule has 0 spiro atoms. The Labute approximate surface area is 216 Å². The summed E-state index contributed by atoms with van der Waals surface area (Å²) < 4.78 is 54.3. The second-order valence-corrected chi connectivity index (χ2v) is 9.62. The predicted octanol–water partition coefficient (Wildman–Crippen LogP) is 4.60. The normalized spacial score (nSPS) is 17.4. The number of pyridine rings is 1. The molecule has 0 aliphatic carbocycles. The maximum absolute atomic E-state index is 13.8. The molecule has 0 atom stereocenters. The molecule has 0 saturated carbocycles. The van der Waals surface area contributed by atoms with E-state index in [9.17, 15) is 17.6 Å². The van der Waals surface area contributed by atoms with Gasteiger partial charge in [-0.25, -0.2) is 14.4 Å². The number of aromatic nitrogens is 3. The summed E-state index contributed by atoms with van der Waals surface area (Å²) in [5, 5.41) is -0.00685. The van der Waals surface area contributed by atoms with Crippen molar-refractivity contribution in [3.05, 3.63) is 59.0 Å². The second kappa shape index (κ2) is 10.3. The molecule has 7 nitrogen and oxygen atoms in total. The van der Waals surface area contributed by atoms with Gasteiger partial charge in [0, 0.05) is 63.1 Å². The molecule has 2 aliphatic rings. The van der Waals surface area contributed by atoms with Gasteiger partial charge in [-0.2, -0.15) is 18.2 Å². The zero-order valence-corrected chi connectivity index (χ0v) is 20.7. The fourth-order valence-corrected chi connectivity index (χ4v) is 4.83. The Morgan fingerprint density at radius 2 is 1.59 bits per heavy atom. The van der Waals surface area contributed by atoms with E-state index in [1.54, 1.807) is 17.0 Å². The van der Waals surface area contributed by atoms with Gasteiger partial charge in [-0.1, -0.05) is 11.6 Å². The van der Waals surface area contributed by atoms with Crippen molar-refractivity contribution in [1.29, 1.82) is 0 Å². The number of rotatable bonds is 4. The van der Waals surface area contributed by atoms with E-state index in [0.717, 1.165) is 18.9 Å². The number of alkyl halides is 3. The zero-order chi connectivity index (χ0) is 26.2. The topological polar surface area (TPSA) is 74.4 Å². The molecule has 1 aromatic carbocycles. The van der Waals surface area contributed by atoms with Crippen LogP contribution in [0.1, 0.15) is 18.4 Å². The van der Waals surface area contributed by atoms with Crippen LogP contribution in [0.5, 0.6) is 0 Å². The van der Waals surface area contributed by atoms with Crippen molar-refractivity contribution in [3.63, 3.8) is 0 Å². The van der Waals surface area contributed by atoms with E-state index in [2.05, 4.69) is 9.88 Å². The van der Waals surface area contributed by atoms with Crippen LogP contribution in [0.2, 0.25) is 5.02 Å². The van der Waals surface area contributed by atoms with Gasteiger partial charge in [0.25, 0.3) is 0 Å². The number of piperazine rings is 1. The lowest BCUT2D eigenvalue weighted by Gasteiger charge is -2.37. The van der Waals surface area contributed by atoms with Gasteiger partial charge < -0.3 is 20.4 Å². The first-order valence-corrected chi connectivity index (χ1v) is 12.4. The zero-order valence-electron chi connectivity index (χ0n) is 19.9. The fourth-order valence-electron chi connectivity index (χ4n) is 4.65. The van der Waals surface area contributed by atoms with E-state index < -0.39 is 17.6 Å². The minimum atomic E-state index is -4.48. The van der Waals surface area contributed by atoms with Crippen LogP contribution in [0.15, 0.2) is 42.6 Å². The number of benzene rings is 1. The molecule has 5 rings (SSSR count). The van der Waals surface area contributed by atoms with E-state index in [4.69, 9.17) is 27.3 Å². The number of halogens is 5. The largest absolute Gasteiger partial charge is 0.419 e. The summed E-state index contributed by atoms with van der Waals surface area (Å²) in [5.74, 6) is 0.594. The minimum Gasteiger partial charge on any atom is -0.353 e. The number of hydrogen-bond acceptors (Lipinski definition) is 7. The molecule has 12 heteroatoms. The van der Waals surface area contributed by atoms with Crippen molar-refractivity contribution in [2.75, 3.05) is 54.0 Å². The third-order valence-corrected chi connectivity index (χ3v) is 7.02. The molecule has 2 saturated heterocycles. The maximum atomic E-state index is 13.8. The van der Waals surface area contributed by atoms with Crippen LogP contribution in [-0.2, 0) is 6.18 Å². The Balaban J connectivity index is 1.42. The van der Waals surface area contributed by atoms with Gasteiger partial charge in [0.2, 0.25) is 5.95 Å². The molecule has 37 heavy (non-hydrogen) atoms. The van der Waals surface area contributed by atoms with Gasteiger partial charge in [-0.05, 0) is 43.2 Å². The minimum absolute atomic E-state index is 0.00685. The van der Waals surface area contributed by atoms with Gasteiger partial charge in [0.15, 0.2) is 0 Å². The Morgan fingerprint density at radius 3 is 2.27 bits per heavy atom. The highest BCUT2D eigenvalue weighted by atomic mass is 35.5. The van der Waals surface area contributed by atoms with Crippen LogP contribution in [0, 0.1) is 5.82 Å². The summed E-state index contributed by atoms with van der Waals surface area (Å²) in [6.07, 6.45) is -1.48. The van der Waals surface area contributed by atoms with E-state index in [1.165, 1.54) is 24.4 Å². The quantitative estimate of drug-likeness (QED) is 0.489. The van der Waals surface area contributed by atoms with E-state index in [-0.39, 0.29) is 16.9 Å². The van der Waals surface area contributed by atoms with E-state index in [1.807, 2.05) is 4.90 Å². The van der Waals surface area contributed by atoms with Crippen LogP contribution >= 0.6 is 11.6 Å². The van der Waals surface area contributed by atoms with Gasteiger partial charge in [-0.15, -0.1) is 0 Å². The van der Waals surface area contributed by atoms with Crippen LogP contribution < -0.4 is 20.4 Å². The fraction of sp³-hybridized carbons (Fsp3) is 0.400. The molecule has 196 valence electrons. The lowest BCUT2D eigenvalue weighted by Crippen LogP contribution is -2.48. The van der Waals surface area contributed by atoms with E-state index in [0.29, 0.717) is 62.3 Å². The van der Waals surface area contributed by atoms with Crippen LogP contribution in [-0.4, -0.2) is 60.3 Å². The Kier molecular flexibility index (Phi) is 7.09. The first kappa shape index (κ1) is 25.5. The molecular formula is C25H26ClF4N7. The van der Waals surface area contributed by atoms with Crippen LogP contribution in [0.25, 0.3) is 11.3 Å². The van der Waals surface area contributed by atoms with Crippen molar-refractivity contribution < 1.29 is 17.6 Å². The SMILES string of the molecule is NC1CCN(c2nc(-c3ccc(F)c(Cl)c3)cc(N3CCN(c4ncccc4C(F)(F)F)CC3)n2)CC1. The summed E-state index contributed by atoms with van der Waals surface area (Å²) >= 11 is 6.03. The summed E-state index contributed by atoms with van der Waals surface area (Å²) in [6, 6.07) is 8.72. The van der Waals surface area contributed by atoms with Gasteiger partial charge in [0.1, 0.15) is 17.5 Å². The summed E-state index contributed by atoms with van der Waals surface area (Å²) in [4.78, 5) is 19.3. The standard InChI is InChI=1S/C25H26ClF4N7/c26-19-14-16(3-4-20(19)27)21-15-22(34-24(33-21)37-8-5-17(31)6-9-37)35-10-12-36(13-11-35)23-18(25(28,29)30)2-1-7-32-23/h1-4,7,14-15,17H,5-6,8-13,31H2. The summed E-state index contributed by atoms with van der Waals surface area (Å²) in [7, 11) is 0. The monoisotopic (exact) mass is 535 g/mol. The highest BCUT2D eigenvalue weighted by molar-refractivity contribution is 6.31. The third-order valence-electron chi connectivity index (χ3n) is 6.73. The Bertz CT molecular complexity index is 1260. The van der Waals surface area contributed by atoms with Gasteiger partial charge in [-0.3, -0.25) is 0 Å². The van der Waals surface area contributed by atoms with Crippen molar-refractivity contribution in [3.8, 4) is 11.3 Å². The summed E-state index contributed by atoms with van der Waals surface area (Å²) in [5.41, 5.74) is 6.55. The molecule has 2 aromatic heterocycles. The second-order valence-electron chi connectivity index (χ2n) is 9.21. The average Bonchev–Trinajstić information content (AvgIpc) is 2.90. The first-order chi connectivity index (χ1) is 17.7. The lowest BCUT2D eigenvalue weighted by molar-refractivity contribution is -0.137. The molecule has 2 aliphatic heterocycles. The number of piperidine rings is 1. The van der Waals surface area contributed by atoms with Gasteiger partial charge >= 0.3 is 6.18 Å². The van der Waals surface area contributed by atoms with Crippen LogP contribution in [0.4, 0.5) is 35.1 Å². The van der Waals surface area contributed by atoms with Crippen molar-refractivity contribution in [1.82, 2.24) is 15.0 Å². The highest BCUT2D eigenvalue weighted by Crippen LogP contribution is 2.36. The number of nitrogens with two attached hydrogens (primary N) is 1. The molecule has 4 heterocycles. The van der Waals surface area contributed by atoms with Crippen LogP contribution in [0.3, 0.4) is 0 Å². The number of nitrogens with zero attached hydrogens (tertiary/aromatic N) is 6. The average molecular weight is 536 g/mol. The molecule has 2 N–H and O–H groups in total.